The van der Waals surface area contributed by atoms with Crippen LogP contribution in [0.1, 0.15) is 32.4 Å². The zero-order chi connectivity index (χ0) is 18.5. The van der Waals surface area contributed by atoms with E-state index in [0.29, 0.717) is 17.8 Å². The highest BCUT2D eigenvalue weighted by Gasteiger charge is 2.08. The molecule has 0 bridgehead atoms. The average Bonchev–Trinajstić information content (AvgIpc) is 2.96. The molecule has 6 nitrogen and oxygen atoms in total. The number of carbonyl (C=O) groups is 1. The van der Waals surface area contributed by atoms with E-state index in [1.54, 1.807) is 29.5 Å². The number of rotatable bonds is 6. The minimum absolute atomic E-state index is 0.136. The summed E-state index contributed by atoms with van der Waals surface area (Å²) in [6, 6.07) is 8.51. The molecule has 0 atom stereocenters. The molecule has 0 aliphatic heterocycles. The zero-order valence-corrected chi connectivity index (χ0v) is 15.5. The molecule has 7 heteroatoms. The molecule has 2 N–H and O–H groups in total. The number of amides is 1. The number of aromatic nitrogens is 3. The Morgan fingerprint density at radius 1 is 1.27 bits per heavy atom. The topological polar surface area (TPSA) is 87.7 Å². The molecule has 3 aromatic rings. The second-order valence-electron chi connectivity index (χ2n) is 5.99. The highest BCUT2D eigenvalue weighted by molar-refractivity contribution is 7.11. The van der Waals surface area contributed by atoms with Crippen molar-refractivity contribution in [3.8, 4) is 11.3 Å². The molecule has 0 fully saturated rings. The number of aromatic amines is 1. The van der Waals surface area contributed by atoms with Crippen molar-refractivity contribution in [2.75, 3.05) is 6.54 Å². The van der Waals surface area contributed by atoms with Crippen LogP contribution in [0.4, 0.5) is 0 Å². The van der Waals surface area contributed by atoms with Gasteiger partial charge in [-0.25, -0.2) is 9.97 Å². The number of aryl methyl sites for hydroxylation is 3. The summed E-state index contributed by atoms with van der Waals surface area (Å²) in [5, 5.41) is 4.04. The van der Waals surface area contributed by atoms with Crippen molar-refractivity contribution in [3.05, 3.63) is 68.2 Å². The van der Waals surface area contributed by atoms with Gasteiger partial charge in [0.05, 0.1) is 22.7 Å². The Bertz CT molecular complexity index is 958. The third kappa shape index (κ3) is 4.43. The van der Waals surface area contributed by atoms with Gasteiger partial charge in [0.15, 0.2) is 0 Å². The fourth-order valence-corrected chi connectivity index (χ4v) is 3.51. The van der Waals surface area contributed by atoms with Crippen molar-refractivity contribution in [2.45, 2.75) is 26.7 Å². The molecule has 0 aliphatic carbocycles. The summed E-state index contributed by atoms with van der Waals surface area (Å²) in [5.41, 5.74) is 2.68. The Hall–Kier alpha value is -2.80. The lowest BCUT2D eigenvalue weighted by Crippen LogP contribution is -2.24. The molecule has 0 saturated heterocycles. The molecular formula is C19H20N4O2S. The highest BCUT2D eigenvalue weighted by atomic mass is 32.1. The van der Waals surface area contributed by atoms with Gasteiger partial charge in [-0.1, -0.05) is 12.1 Å². The Labute approximate surface area is 155 Å². The van der Waals surface area contributed by atoms with E-state index in [1.165, 1.54) is 17.3 Å². The number of thiazole rings is 1. The summed E-state index contributed by atoms with van der Waals surface area (Å²) in [6.07, 6.45) is 3.05. The second-order valence-corrected chi connectivity index (χ2v) is 7.27. The first-order valence-corrected chi connectivity index (χ1v) is 9.21. The first-order chi connectivity index (χ1) is 12.5. The van der Waals surface area contributed by atoms with Crippen LogP contribution in [0, 0.1) is 13.8 Å². The normalized spacial score (nSPS) is 10.7. The number of nitrogens with zero attached hydrogens (tertiary/aromatic N) is 2. The van der Waals surface area contributed by atoms with E-state index in [0.717, 1.165) is 29.1 Å². The number of hydrogen-bond acceptors (Lipinski definition) is 5. The molecular weight excluding hydrogens is 348 g/mol. The number of benzene rings is 1. The van der Waals surface area contributed by atoms with Crippen molar-refractivity contribution in [1.82, 2.24) is 20.3 Å². The summed E-state index contributed by atoms with van der Waals surface area (Å²) in [4.78, 5) is 36.1. The molecule has 134 valence electrons. The Morgan fingerprint density at radius 3 is 2.85 bits per heavy atom. The Morgan fingerprint density at radius 2 is 2.12 bits per heavy atom. The van der Waals surface area contributed by atoms with E-state index in [9.17, 15) is 9.59 Å². The number of hydrogen-bond donors (Lipinski definition) is 2. The summed E-state index contributed by atoms with van der Waals surface area (Å²) < 4.78 is 0. The van der Waals surface area contributed by atoms with Crippen LogP contribution in [0.5, 0.6) is 0 Å². The first-order valence-electron chi connectivity index (χ1n) is 8.39. The van der Waals surface area contributed by atoms with E-state index >= 15 is 0 Å². The number of nitrogens with one attached hydrogen (secondary N) is 2. The van der Waals surface area contributed by atoms with Crippen molar-refractivity contribution in [2.24, 2.45) is 0 Å². The fourth-order valence-electron chi connectivity index (χ4n) is 2.54. The second kappa shape index (κ2) is 8.05. The quantitative estimate of drug-likeness (QED) is 0.655. The van der Waals surface area contributed by atoms with Crippen molar-refractivity contribution >= 4 is 17.2 Å². The summed E-state index contributed by atoms with van der Waals surface area (Å²) >= 11 is 1.71. The van der Waals surface area contributed by atoms with Crippen LogP contribution in [0.2, 0.25) is 0 Å². The molecule has 0 aliphatic rings. The zero-order valence-electron chi connectivity index (χ0n) is 14.7. The van der Waals surface area contributed by atoms with E-state index in [4.69, 9.17) is 0 Å². The van der Waals surface area contributed by atoms with E-state index in [-0.39, 0.29) is 11.5 Å². The van der Waals surface area contributed by atoms with Gasteiger partial charge in [0, 0.05) is 35.0 Å². The van der Waals surface area contributed by atoms with E-state index in [1.807, 2.05) is 13.0 Å². The largest absolute Gasteiger partial charge is 0.352 e. The lowest BCUT2D eigenvalue weighted by Gasteiger charge is -2.06. The molecule has 0 unspecified atom stereocenters. The Kier molecular flexibility index (Phi) is 5.58. The number of H-pyrrole nitrogens is 1. The van der Waals surface area contributed by atoms with Crippen LogP contribution < -0.4 is 10.9 Å². The van der Waals surface area contributed by atoms with Gasteiger partial charge < -0.3 is 10.3 Å². The van der Waals surface area contributed by atoms with Crippen LogP contribution in [0.25, 0.3) is 11.3 Å². The first kappa shape index (κ1) is 18.0. The predicted molar refractivity (Wildman–Crippen MR) is 103 cm³/mol. The van der Waals surface area contributed by atoms with Crippen LogP contribution in [-0.4, -0.2) is 27.4 Å². The minimum atomic E-state index is -0.225. The fraction of sp³-hybridized carbons (Fsp3) is 0.263. The monoisotopic (exact) mass is 368 g/mol. The van der Waals surface area contributed by atoms with Gasteiger partial charge in [-0.3, -0.25) is 9.59 Å². The summed E-state index contributed by atoms with van der Waals surface area (Å²) in [7, 11) is 0. The predicted octanol–water partition coefficient (Wildman–Crippen LogP) is 2.87. The smallest absolute Gasteiger partial charge is 0.251 e. The standard InChI is InChI=1S/C19H20N4O2S/c1-12-13(2)26-18(23-12)7-4-8-20-19(25)15-6-3-5-14(9-15)16-10-17(24)22-11-21-16/h3,5-6,9-11H,4,7-8H2,1-2H3,(H,20,25)(H,21,22,24). The lowest BCUT2D eigenvalue weighted by molar-refractivity contribution is 0.0953. The summed E-state index contributed by atoms with van der Waals surface area (Å²) in [5.74, 6) is -0.136. The molecule has 2 heterocycles. The number of carbonyl (C=O) groups excluding carboxylic acids is 1. The summed E-state index contributed by atoms with van der Waals surface area (Å²) in [6.45, 7) is 4.67. The molecule has 1 aromatic carbocycles. The molecule has 0 radical (unpaired) electrons. The van der Waals surface area contributed by atoms with Gasteiger partial charge in [0.25, 0.3) is 11.5 Å². The van der Waals surface area contributed by atoms with Gasteiger partial charge in [-0.2, -0.15) is 0 Å². The molecule has 26 heavy (non-hydrogen) atoms. The lowest BCUT2D eigenvalue weighted by atomic mass is 10.1. The molecule has 2 aromatic heterocycles. The van der Waals surface area contributed by atoms with Crippen molar-refractivity contribution in [1.29, 1.82) is 0 Å². The Balaban J connectivity index is 1.58. The van der Waals surface area contributed by atoms with Gasteiger partial charge in [-0.15, -0.1) is 11.3 Å². The van der Waals surface area contributed by atoms with Gasteiger partial charge >= 0.3 is 0 Å². The molecule has 1 amide bonds. The van der Waals surface area contributed by atoms with Crippen LogP contribution >= 0.6 is 11.3 Å². The van der Waals surface area contributed by atoms with E-state index in [2.05, 4.69) is 27.2 Å². The van der Waals surface area contributed by atoms with Crippen molar-refractivity contribution in [3.63, 3.8) is 0 Å². The third-order valence-corrected chi connectivity index (χ3v) is 5.16. The molecule has 0 spiro atoms. The average molecular weight is 368 g/mol. The molecule has 3 rings (SSSR count). The van der Waals surface area contributed by atoms with Crippen LogP contribution in [-0.2, 0) is 6.42 Å². The highest BCUT2D eigenvalue weighted by Crippen LogP contribution is 2.18. The maximum absolute atomic E-state index is 12.4. The van der Waals surface area contributed by atoms with Crippen LogP contribution in [0.3, 0.4) is 0 Å². The molecule has 0 saturated carbocycles. The SMILES string of the molecule is Cc1nc(CCCNC(=O)c2cccc(-c3cc(=O)[nH]cn3)c2)sc1C. The third-order valence-electron chi connectivity index (χ3n) is 4.02. The minimum Gasteiger partial charge on any atom is -0.352 e. The maximum Gasteiger partial charge on any atom is 0.251 e. The van der Waals surface area contributed by atoms with Crippen molar-refractivity contribution < 1.29 is 4.79 Å². The van der Waals surface area contributed by atoms with Crippen LogP contribution in [0.15, 0.2) is 41.5 Å². The van der Waals surface area contributed by atoms with Gasteiger partial charge in [0.1, 0.15) is 0 Å². The maximum atomic E-state index is 12.4. The van der Waals surface area contributed by atoms with Gasteiger partial charge in [-0.05, 0) is 32.4 Å². The van der Waals surface area contributed by atoms with E-state index < -0.39 is 0 Å². The van der Waals surface area contributed by atoms with Gasteiger partial charge in [0.2, 0.25) is 0 Å².